The molecule has 2 heterocycles. The monoisotopic (exact) mass is 528 g/mol. The Labute approximate surface area is 209 Å². The highest BCUT2D eigenvalue weighted by molar-refractivity contribution is 7.86. The van der Waals surface area contributed by atoms with Gasteiger partial charge in [0.25, 0.3) is 10.2 Å². The van der Waals surface area contributed by atoms with Crippen LogP contribution in [0.5, 0.6) is 5.75 Å². The van der Waals surface area contributed by atoms with Gasteiger partial charge in [0.05, 0.1) is 36.5 Å². The third kappa shape index (κ3) is 5.81. The molecule has 34 heavy (non-hydrogen) atoms. The van der Waals surface area contributed by atoms with E-state index in [0.29, 0.717) is 33.5 Å². The number of methoxy groups -OCH3 is 2. The van der Waals surface area contributed by atoms with Gasteiger partial charge in [-0.3, -0.25) is 9.78 Å². The summed E-state index contributed by atoms with van der Waals surface area (Å²) in [5, 5.41) is 0.657. The second-order valence-corrected chi connectivity index (χ2v) is 10.1. The van der Waals surface area contributed by atoms with Crippen LogP contribution in [0.15, 0.2) is 30.6 Å². The minimum atomic E-state index is -3.94. The molecule has 184 valence electrons. The van der Waals surface area contributed by atoms with Gasteiger partial charge in [0.1, 0.15) is 5.75 Å². The van der Waals surface area contributed by atoms with Crippen molar-refractivity contribution in [1.29, 1.82) is 0 Å². The lowest BCUT2D eigenvalue weighted by atomic mass is 10.0. The first-order valence-electron chi connectivity index (χ1n) is 10.5. The van der Waals surface area contributed by atoms with E-state index in [0.717, 1.165) is 15.5 Å². The first-order valence-corrected chi connectivity index (χ1v) is 12.7. The van der Waals surface area contributed by atoms with Crippen LogP contribution in [0.3, 0.4) is 0 Å². The fraction of sp³-hybridized carbons (Fsp3) is 0.364. The zero-order valence-electron chi connectivity index (χ0n) is 19.0. The number of carbonyl (C=O) groups is 1. The Morgan fingerprint density at radius 2 is 1.97 bits per heavy atom. The molecule has 9 nitrogen and oxygen atoms in total. The van der Waals surface area contributed by atoms with E-state index >= 15 is 0 Å². The number of aromatic nitrogens is 1. The number of nitrogens with zero attached hydrogens (tertiary/aromatic N) is 3. The van der Waals surface area contributed by atoms with Crippen LogP contribution in [0.25, 0.3) is 11.8 Å². The molecule has 0 aliphatic carbocycles. The van der Waals surface area contributed by atoms with Crippen molar-refractivity contribution in [1.82, 2.24) is 19.1 Å². The molecule has 0 bridgehead atoms. The molecule has 0 saturated heterocycles. The molecule has 1 aliphatic rings. The van der Waals surface area contributed by atoms with Crippen molar-refractivity contribution < 1.29 is 22.7 Å². The van der Waals surface area contributed by atoms with Gasteiger partial charge < -0.3 is 14.9 Å². The maximum absolute atomic E-state index is 13.5. The van der Waals surface area contributed by atoms with Gasteiger partial charge in [0.15, 0.2) is 0 Å². The number of hydrogen-bond donors (Lipinski definition) is 1. The second kappa shape index (κ2) is 11.4. The van der Waals surface area contributed by atoms with E-state index in [4.69, 9.17) is 27.9 Å². The van der Waals surface area contributed by atoms with E-state index in [2.05, 4.69) is 15.1 Å². The summed E-state index contributed by atoms with van der Waals surface area (Å²) in [6.45, 7) is 2.20. The number of ether oxygens (including phenoxy) is 2. The topological polar surface area (TPSA) is 101 Å². The van der Waals surface area contributed by atoms with Crippen molar-refractivity contribution in [2.45, 2.75) is 26.3 Å². The number of rotatable bonds is 9. The molecule has 0 unspecified atom stereocenters. The lowest BCUT2D eigenvalue weighted by Gasteiger charge is -2.35. The molecule has 0 fully saturated rings. The number of carbonyl (C=O) groups excluding carboxylic acids is 1. The Balaban J connectivity index is 1.99. The van der Waals surface area contributed by atoms with Crippen LogP contribution < -0.4 is 10.2 Å². The molecule has 12 heteroatoms. The van der Waals surface area contributed by atoms with Gasteiger partial charge in [-0.1, -0.05) is 34.5 Å². The van der Waals surface area contributed by atoms with E-state index in [1.165, 1.54) is 23.8 Å². The number of esters is 1. The summed E-state index contributed by atoms with van der Waals surface area (Å²) < 4.78 is 39.5. The number of nitrogens with one attached hydrogen (secondary N) is 1. The Hall–Kier alpha value is -2.37. The number of halogens is 2. The van der Waals surface area contributed by atoms with Crippen LogP contribution in [0.1, 0.15) is 36.5 Å². The van der Waals surface area contributed by atoms with Gasteiger partial charge in [-0.2, -0.15) is 12.7 Å². The molecule has 0 spiro atoms. The molecule has 1 aromatic heterocycles. The molecule has 2 aromatic rings. The molecule has 1 N–H and O–H groups in total. The summed E-state index contributed by atoms with van der Waals surface area (Å²) in [5.74, 6) is 0.213. The first-order chi connectivity index (χ1) is 16.2. The van der Waals surface area contributed by atoms with Crippen LogP contribution >= 0.6 is 23.2 Å². The maximum Gasteiger partial charge on any atom is 0.305 e. The average Bonchev–Trinajstić information content (AvgIpc) is 2.83. The molecule has 1 aliphatic heterocycles. The first kappa shape index (κ1) is 26.2. The minimum Gasteiger partial charge on any atom is -0.497 e. The third-order valence-corrected chi connectivity index (χ3v) is 7.79. The fourth-order valence-electron chi connectivity index (χ4n) is 3.51. The van der Waals surface area contributed by atoms with E-state index < -0.39 is 10.2 Å². The number of benzene rings is 1. The predicted octanol–water partition coefficient (Wildman–Crippen LogP) is 3.74. The summed E-state index contributed by atoms with van der Waals surface area (Å²) in [4.78, 5) is 15.4. The van der Waals surface area contributed by atoms with Crippen molar-refractivity contribution in [3.05, 3.63) is 57.3 Å². The zero-order chi connectivity index (χ0) is 24.9. The van der Waals surface area contributed by atoms with Gasteiger partial charge in [-0.15, -0.1) is 0 Å². The summed E-state index contributed by atoms with van der Waals surface area (Å²) in [7, 11) is -1.10. The van der Waals surface area contributed by atoms with E-state index in [1.807, 2.05) is 6.07 Å². The average molecular weight is 529 g/mol. The number of pyridine rings is 1. The highest BCUT2D eigenvalue weighted by Crippen LogP contribution is 2.33. The quantitative estimate of drug-likeness (QED) is 0.494. The van der Waals surface area contributed by atoms with Gasteiger partial charge in [-0.05, 0) is 36.3 Å². The van der Waals surface area contributed by atoms with Crippen LogP contribution in [-0.2, 0) is 26.3 Å². The number of fused-ring (bicyclic) bond motifs is 1. The predicted molar refractivity (Wildman–Crippen MR) is 131 cm³/mol. The molecule has 0 radical (unpaired) electrons. The van der Waals surface area contributed by atoms with Crippen LogP contribution in [-0.4, -0.2) is 55.4 Å². The summed E-state index contributed by atoms with van der Waals surface area (Å²) in [6.07, 6.45) is 5.08. The maximum atomic E-state index is 13.5. The summed E-state index contributed by atoms with van der Waals surface area (Å²) >= 11 is 12.6. The van der Waals surface area contributed by atoms with Crippen LogP contribution in [0.4, 0.5) is 0 Å². The standard InChI is InChI=1S/C22H26Cl2N4O5S/c1-4-27(9-5-6-22(29)33-3)34(30,31)28-14-15-10-16(32-2)7-8-17(15)21(26-28)11-18-19(23)12-25-13-20(18)24/h7-8,10-13,26H,4-6,9,14H2,1-3H3. The smallest absolute Gasteiger partial charge is 0.305 e. The SMILES string of the molecule is CCN(CCCC(=O)OC)S(=O)(=O)N1Cc2cc(OC)ccc2C(=Cc2c(Cl)cncc2Cl)N1. The van der Waals surface area contributed by atoms with Gasteiger partial charge in [0.2, 0.25) is 0 Å². The van der Waals surface area contributed by atoms with Crippen molar-refractivity contribution in [3.63, 3.8) is 0 Å². The second-order valence-electron chi connectivity index (χ2n) is 7.40. The molecule has 0 saturated carbocycles. The lowest BCUT2D eigenvalue weighted by Crippen LogP contribution is -2.51. The molecule has 1 aromatic carbocycles. The zero-order valence-corrected chi connectivity index (χ0v) is 21.4. The third-order valence-electron chi connectivity index (χ3n) is 5.31. The molecular formula is C22H26Cl2N4O5S. The van der Waals surface area contributed by atoms with E-state index in [-0.39, 0.29) is 32.0 Å². The van der Waals surface area contributed by atoms with Crippen molar-refractivity contribution in [2.75, 3.05) is 27.3 Å². The summed E-state index contributed by atoms with van der Waals surface area (Å²) in [6, 6.07) is 5.42. The molecular weight excluding hydrogens is 503 g/mol. The molecule has 0 atom stereocenters. The minimum absolute atomic E-state index is 0.0670. The summed E-state index contributed by atoms with van der Waals surface area (Å²) in [5.41, 5.74) is 5.53. The molecule has 3 rings (SSSR count). The Bertz CT molecular complexity index is 1170. The van der Waals surface area contributed by atoms with Gasteiger partial charge in [0, 0.05) is 43.0 Å². The highest BCUT2D eigenvalue weighted by Gasteiger charge is 2.33. The van der Waals surface area contributed by atoms with Crippen LogP contribution in [0.2, 0.25) is 10.0 Å². The number of hydrogen-bond acceptors (Lipinski definition) is 7. The van der Waals surface area contributed by atoms with Gasteiger partial charge in [-0.25, -0.2) is 0 Å². The lowest BCUT2D eigenvalue weighted by molar-refractivity contribution is -0.140. The Kier molecular flexibility index (Phi) is 8.78. The van der Waals surface area contributed by atoms with E-state index in [9.17, 15) is 13.2 Å². The molecule has 0 amide bonds. The Morgan fingerprint density at radius 3 is 2.59 bits per heavy atom. The largest absolute Gasteiger partial charge is 0.497 e. The van der Waals surface area contributed by atoms with Crippen LogP contribution in [0, 0.1) is 0 Å². The van der Waals surface area contributed by atoms with Crippen molar-refractivity contribution >= 4 is 51.2 Å². The Morgan fingerprint density at radius 1 is 1.26 bits per heavy atom. The fourth-order valence-corrected chi connectivity index (χ4v) is 5.46. The van der Waals surface area contributed by atoms with Crippen molar-refractivity contribution in [2.24, 2.45) is 0 Å². The highest BCUT2D eigenvalue weighted by atomic mass is 35.5. The van der Waals surface area contributed by atoms with Crippen molar-refractivity contribution in [3.8, 4) is 5.75 Å². The number of hydrazine groups is 1. The van der Waals surface area contributed by atoms with E-state index in [1.54, 1.807) is 32.2 Å². The normalized spacial score (nSPS) is 15.2. The van der Waals surface area contributed by atoms with Gasteiger partial charge >= 0.3 is 5.97 Å².